The van der Waals surface area contributed by atoms with Gasteiger partial charge in [-0.05, 0) is 12.1 Å². The van der Waals surface area contributed by atoms with E-state index in [1.54, 1.807) is 18.3 Å². The van der Waals surface area contributed by atoms with Gasteiger partial charge in [-0.3, -0.25) is 4.40 Å². The third-order valence-electron chi connectivity index (χ3n) is 1.56. The van der Waals surface area contributed by atoms with Gasteiger partial charge in [0.15, 0.2) is 5.65 Å². The molecule has 7 heteroatoms. The molecule has 14 heavy (non-hydrogen) atoms. The number of carbonyl (C=O) groups is 1. The Labute approximate surface area is 110 Å². The quantitative estimate of drug-likeness (QED) is 0.775. The van der Waals surface area contributed by atoms with E-state index in [9.17, 15) is 4.79 Å². The van der Waals surface area contributed by atoms with Crippen LogP contribution < -0.4 is 0 Å². The van der Waals surface area contributed by atoms with Crippen molar-refractivity contribution in [1.29, 1.82) is 0 Å². The molecule has 0 spiro atoms. The average molecular weight is 265 g/mol. The van der Waals surface area contributed by atoms with Crippen LogP contribution in [0.25, 0.3) is 5.65 Å². The number of aromatic carboxylic acids is 1. The van der Waals surface area contributed by atoms with Crippen molar-refractivity contribution in [3.63, 3.8) is 0 Å². The van der Waals surface area contributed by atoms with E-state index in [-0.39, 0.29) is 35.4 Å². The maximum atomic E-state index is 10.6. The number of aromatic nitrogens is 3. The molecule has 2 aromatic rings. The molecular weight excluding hydrogens is 261 g/mol. The smallest absolute Gasteiger partial charge is 0.374 e. The van der Waals surface area contributed by atoms with E-state index in [1.807, 2.05) is 0 Å². The number of carboxylic acids is 1. The van der Waals surface area contributed by atoms with Crippen molar-refractivity contribution in [2.45, 2.75) is 0 Å². The van der Waals surface area contributed by atoms with Crippen molar-refractivity contribution in [3.05, 3.63) is 28.6 Å². The summed E-state index contributed by atoms with van der Waals surface area (Å²) in [7, 11) is 0. The Morgan fingerprint density at radius 1 is 1.50 bits per heavy atom. The van der Waals surface area contributed by atoms with Crippen LogP contribution in [0.4, 0.5) is 0 Å². The zero-order valence-electron chi connectivity index (χ0n) is 7.31. The van der Waals surface area contributed by atoms with Crippen LogP contribution in [0, 0.1) is 0 Å². The third kappa shape index (κ3) is 1.98. The summed E-state index contributed by atoms with van der Waals surface area (Å²) in [6.45, 7) is 0. The Hall–Kier alpha value is -0.430. The second-order valence-corrected chi connectivity index (χ2v) is 3.32. The van der Waals surface area contributed by atoms with Crippen LogP contribution in [-0.2, 0) is 0 Å². The van der Waals surface area contributed by atoms with Crippen LogP contribution in [0.15, 0.2) is 22.8 Å². The van der Waals surface area contributed by atoms with Gasteiger partial charge in [-0.1, -0.05) is 15.9 Å². The van der Waals surface area contributed by atoms with Crippen LogP contribution in [0.3, 0.4) is 0 Å². The summed E-state index contributed by atoms with van der Waals surface area (Å²) in [4.78, 5) is 10.6. The second-order valence-electron chi connectivity index (χ2n) is 2.40. The van der Waals surface area contributed by atoms with Gasteiger partial charge < -0.3 is 5.11 Å². The number of rotatable bonds is 1. The van der Waals surface area contributed by atoms with Gasteiger partial charge in [0, 0.05) is 40.2 Å². The number of fused-ring (bicyclic) bond motifs is 1. The van der Waals surface area contributed by atoms with Crippen LogP contribution in [0.1, 0.15) is 10.6 Å². The van der Waals surface area contributed by atoms with E-state index < -0.39 is 5.97 Å². The molecule has 0 saturated carbocycles. The van der Waals surface area contributed by atoms with Gasteiger partial charge in [0.2, 0.25) is 5.82 Å². The molecule has 0 atom stereocenters. The molecule has 1 radical (unpaired) electrons. The number of pyridine rings is 1. The topological polar surface area (TPSA) is 67.5 Å². The standard InChI is InChI=1S/C7H4BrN3O2.Na/c8-4-1-2-11-5(3-4)9-10-6(11)7(12)13;/h1-3H,(H,12,13);. The summed E-state index contributed by atoms with van der Waals surface area (Å²) < 4.78 is 2.25. The van der Waals surface area contributed by atoms with Gasteiger partial charge in [-0.15, -0.1) is 10.2 Å². The minimum atomic E-state index is -1.09. The predicted molar refractivity (Wildman–Crippen MR) is 53.4 cm³/mol. The molecule has 0 saturated heterocycles. The Bertz CT molecular complexity index is 485. The molecule has 0 aliphatic rings. The van der Waals surface area contributed by atoms with Gasteiger partial charge in [-0.25, -0.2) is 4.79 Å². The SMILES string of the molecule is O=C(O)c1nnc2cc(Br)ccn12.[Na]. The number of hydrogen-bond acceptors (Lipinski definition) is 3. The van der Waals surface area contributed by atoms with Crippen molar-refractivity contribution < 1.29 is 9.90 Å². The monoisotopic (exact) mass is 264 g/mol. The van der Waals surface area contributed by atoms with Gasteiger partial charge in [0.1, 0.15) is 0 Å². The first-order valence-corrected chi connectivity index (χ1v) is 4.21. The van der Waals surface area contributed by atoms with Gasteiger partial charge >= 0.3 is 5.97 Å². The molecule has 0 unspecified atom stereocenters. The molecule has 2 aromatic heterocycles. The number of carboxylic acid groups (broad SMARTS) is 1. The Balaban J connectivity index is 0.000000980. The minimum absolute atomic E-state index is 0. The first-order chi connectivity index (χ1) is 6.18. The molecule has 2 heterocycles. The predicted octanol–water partition coefficient (Wildman–Crippen LogP) is 0.809. The summed E-state index contributed by atoms with van der Waals surface area (Å²) in [5.41, 5.74) is 0.506. The van der Waals surface area contributed by atoms with Crippen LogP contribution in [0.5, 0.6) is 0 Å². The maximum absolute atomic E-state index is 10.6. The van der Waals surface area contributed by atoms with Gasteiger partial charge in [0.25, 0.3) is 0 Å². The van der Waals surface area contributed by atoms with E-state index in [1.165, 1.54) is 4.40 Å². The third-order valence-corrected chi connectivity index (χ3v) is 2.06. The molecule has 2 rings (SSSR count). The summed E-state index contributed by atoms with van der Waals surface area (Å²) in [6.07, 6.45) is 1.60. The second kappa shape index (κ2) is 4.39. The summed E-state index contributed by atoms with van der Waals surface area (Å²) in [5, 5.41) is 15.9. The maximum Gasteiger partial charge on any atom is 0.374 e. The number of hydrogen-bond donors (Lipinski definition) is 1. The van der Waals surface area contributed by atoms with Crippen molar-refractivity contribution in [3.8, 4) is 0 Å². The van der Waals surface area contributed by atoms with Gasteiger partial charge in [0.05, 0.1) is 0 Å². The molecular formula is C7H4BrN3NaO2. The Morgan fingerprint density at radius 3 is 2.86 bits per heavy atom. The fraction of sp³-hybridized carbons (Fsp3) is 0. The zero-order chi connectivity index (χ0) is 9.42. The van der Waals surface area contributed by atoms with E-state index in [4.69, 9.17) is 5.11 Å². The van der Waals surface area contributed by atoms with E-state index in [2.05, 4.69) is 26.1 Å². The van der Waals surface area contributed by atoms with E-state index in [0.717, 1.165) is 4.47 Å². The molecule has 0 bridgehead atoms. The first-order valence-electron chi connectivity index (χ1n) is 3.42. The largest absolute Gasteiger partial charge is 0.475 e. The Kier molecular flexibility index (Phi) is 3.65. The fourth-order valence-corrected chi connectivity index (χ4v) is 1.33. The van der Waals surface area contributed by atoms with Gasteiger partial charge in [-0.2, -0.15) is 0 Å². The molecule has 1 N–H and O–H groups in total. The molecule has 67 valence electrons. The number of nitrogens with zero attached hydrogens (tertiary/aromatic N) is 3. The van der Waals surface area contributed by atoms with Crippen LogP contribution >= 0.6 is 15.9 Å². The zero-order valence-corrected chi connectivity index (χ0v) is 10.9. The minimum Gasteiger partial charge on any atom is -0.475 e. The average Bonchev–Trinajstić information content (AvgIpc) is 2.46. The van der Waals surface area contributed by atoms with E-state index >= 15 is 0 Å². The van der Waals surface area contributed by atoms with Crippen molar-refractivity contribution in [2.75, 3.05) is 0 Å². The molecule has 5 nitrogen and oxygen atoms in total. The van der Waals surface area contributed by atoms with Crippen LogP contribution in [0.2, 0.25) is 0 Å². The molecule has 0 aliphatic carbocycles. The first kappa shape index (κ1) is 11.6. The van der Waals surface area contributed by atoms with Crippen molar-refractivity contribution >= 4 is 57.1 Å². The van der Waals surface area contributed by atoms with E-state index in [0.29, 0.717) is 5.65 Å². The van der Waals surface area contributed by atoms with Crippen molar-refractivity contribution in [2.24, 2.45) is 0 Å². The number of halogens is 1. The summed E-state index contributed by atoms with van der Waals surface area (Å²) >= 11 is 3.25. The normalized spacial score (nSPS) is 9.79. The summed E-state index contributed by atoms with van der Waals surface area (Å²) in [6, 6.07) is 3.42. The fourth-order valence-electron chi connectivity index (χ4n) is 1.01. The molecule has 0 aromatic carbocycles. The molecule has 0 amide bonds. The Morgan fingerprint density at radius 2 is 2.21 bits per heavy atom. The summed E-state index contributed by atoms with van der Waals surface area (Å²) in [5.74, 6) is -1.17. The molecule has 0 fully saturated rings. The molecule has 0 aliphatic heterocycles. The van der Waals surface area contributed by atoms with Crippen LogP contribution in [-0.4, -0.2) is 55.2 Å². The van der Waals surface area contributed by atoms with Crippen molar-refractivity contribution in [1.82, 2.24) is 14.6 Å².